The van der Waals surface area contributed by atoms with Crippen LogP contribution >= 0.6 is 0 Å². The Morgan fingerprint density at radius 1 is 1.15 bits per heavy atom. The van der Waals surface area contributed by atoms with Crippen LogP contribution < -0.4 is 4.74 Å². The molecule has 27 heavy (non-hydrogen) atoms. The number of hydrogen-bond donors (Lipinski definition) is 0. The third-order valence-corrected chi connectivity index (χ3v) is 5.60. The van der Waals surface area contributed by atoms with Crippen molar-refractivity contribution >= 4 is 5.65 Å². The highest BCUT2D eigenvalue weighted by molar-refractivity contribution is 5.60. The molecule has 2 aliphatic rings. The van der Waals surface area contributed by atoms with Crippen molar-refractivity contribution in [3.8, 4) is 17.1 Å². The summed E-state index contributed by atoms with van der Waals surface area (Å²) in [5.74, 6) is 1.49. The Labute approximate surface area is 158 Å². The van der Waals surface area contributed by atoms with Crippen molar-refractivity contribution in [3.05, 3.63) is 43.1 Å². The zero-order valence-corrected chi connectivity index (χ0v) is 15.2. The Bertz CT molecular complexity index is 901. The smallest absolute Gasteiger partial charge is 0.140 e. The number of nitrogens with zero attached hydrogens (tertiary/aromatic N) is 5. The van der Waals surface area contributed by atoms with E-state index in [1.807, 2.05) is 35.0 Å². The van der Waals surface area contributed by atoms with Crippen LogP contribution in [0, 0.1) is 5.92 Å². The van der Waals surface area contributed by atoms with Gasteiger partial charge in [-0.15, -0.1) is 0 Å². The molecule has 0 aromatic carbocycles. The molecule has 2 aliphatic heterocycles. The predicted molar refractivity (Wildman–Crippen MR) is 101 cm³/mol. The standard InChI is InChI=1S/C20H23N5O2/c1-5-21-14-23-18(1)19-10-22-20-9-17(4-8-25(19)20)27-11-15-2-6-24(7-3-15)16-12-26-13-16/h1,4-5,8-10,14-16H,2-3,6-7,11-13H2. The monoisotopic (exact) mass is 365 g/mol. The summed E-state index contributed by atoms with van der Waals surface area (Å²) < 4.78 is 13.4. The molecule has 0 atom stereocenters. The fraction of sp³-hybridized carbons (Fsp3) is 0.450. The first-order valence-electron chi connectivity index (χ1n) is 9.55. The van der Waals surface area contributed by atoms with Crippen molar-refractivity contribution in [2.75, 3.05) is 32.9 Å². The van der Waals surface area contributed by atoms with E-state index < -0.39 is 0 Å². The van der Waals surface area contributed by atoms with E-state index in [1.54, 1.807) is 12.5 Å². The minimum atomic E-state index is 0.620. The van der Waals surface area contributed by atoms with Crippen LogP contribution in [0.2, 0.25) is 0 Å². The highest BCUT2D eigenvalue weighted by atomic mass is 16.5. The van der Waals surface area contributed by atoms with Gasteiger partial charge in [0.2, 0.25) is 0 Å². The van der Waals surface area contributed by atoms with Gasteiger partial charge in [-0.05, 0) is 44.0 Å². The number of fused-ring (bicyclic) bond motifs is 1. The molecule has 0 unspecified atom stereocenters. The van der Waals surface area contributed by atoms with Gasteiger partial charge in [0.15, 0.2) is 0 Å². The molecule has 140 valence electrons. The number of imidazole rings is 1. The van der Waals surface area contributed by atoms with Crippen molar-refractivity contribution in [1.29, 1.82) is 0 Å². The molecule has 2 saturated heterocycles. The molecular formula is C20H23N5O2. The van der Waals surface area contributed by atoms with E-state index in [0.717, 1.165) is 55.7 Å². The molecule has 0 aliphatic carbocycles. The summed E-state index contributed by atoms with van der Waals surface area (Å²) in [4.78, 5) is 15.3. The zero-order valence-electron chi connectivity index (χ0n) is 15.2. The van der Waals surface area contributed by atoms with Gasteiger partial charge in [0.1, 0.15) is 17.7 Å². The largest absolute Gasteiger partial charge is 0.493 e. The topological polar surface area (TPSA) is 64.8 Å². The predicted octanol–water partition coefficient (Wildman–Crippen LogP) is 2.28. The maximum Gasteiger partial charge on any atom is 0.140 e. The van der Waals surface area contributed by atoms with Crippen molar-refractivity contribution in [1.82, 2.24) is 24.3 Å². The van der Waals surface area contributed by atoms with E-state index in [-0.39, 0.29) is 0 Å². The highest BCUT2D eigenvalue weighted by Crippen LogP contribution is 2.25. The molecule has 0 N–H and O–H groups in total. The Hall–Kier alpha value is -2.51. The third-order valence-electron chi connectivity index (χ3n) is 5.60. The van der Waals surface area contributed by atoms with Crippen LogP contribution in [0.4, 0.5) is 0 Å². The van der Waals surface area contributed by atoms with Gasteiger partial charge in [0.05, 0.1) is 43.4 Å². The van der Waals surface area contributed by atoms with Gasteiger partial charge < -0.3 is 9.47 Å². The van der Waals surface area contributed by atoms with Crippen LogP contribution in [0.1, 0.15) is 12.8 Å². The summed E-state index contributed by atoms with van der Waals surface area (Å²) in [5.41, 5.74) is 2.67. The highest BCUT2D eigenvalue weighted by Gasteiger charge is 2.29. The van der Waals surface area contributed by atoms with Gasteiger partial charge in [-0.1, -0.05) is 0 Å². The molecule has 0 amide bonds. The lowest BCUT2D eigenvalue weighted by molar-refractivity contribution is -0.0750. The van der Waals surface area contributed by atoms with E-state index in [1.165, 1.54) is 12.8 Å². The molecule has 0 spiro atoms. The van der Waals surface area contributed by atoms with Gasteiger partial charge in [-0.2, -0.15) is 0 Å². The summed E-state index contributed by atoms with van der Waals surface area (Å²) in [7, 11) is 0. The average Bonchev–Trinajstić information content (AvgIpc) is 3.10. The Morgan fingerprint density at radius 3 is 2.78 bits per heavy atom. The van der Waals surface area contributed by atoms with Crippen LogP contribution in [-0.4, -0.2) is 63.2 Å². The van der Waals surface area contributed by atoms with Crippen LogP contribution in [0.5, 0.6) is 5.75 Å². The van der Waals surface area contributed by atoms with E-state index >= 15 is 0 Å². The van der Waals surface area contributed by atoms with Gasteiger partial charge in [0, 0.05) is 18.5 Å². The van der Waals surface area contributed by atoms with Crippen molar-refractivity contribution in [3.63, 3.8) is 0 Å². The number of rotatable bonds is 5. The molecule has 7 heteroatoms. The number of likely N-dealkylation sites (tertiary alicyclic amines) is 1. The van der Waals surface area contributed by atoms with E-state index in [2.05, 4.69) is 19.9 Å². The summed E-state index contributed by atoms with van der Waals surface area (Å²) in [6.45, 7) is 4.89. The molecule has 5 heterocycles. The molecule has 5 rings (SSSR count). The molecule has 7 nitrogen and oxygen atoms in total. The van der Waals surface area contributed by atoms with Gasteiger partial charge in [-0.3, -0.25) is 9.30 Å². The molecule has 0 saturated carbocycles. The second-order valence-electron chi connectivity index (χ2n) is 7.31. The van der Waals surface area contributed by atoms with Crippen molar-refractivity contribution < 1.29 is 9.47 Å². The van der Waals surface area contributed by atoms with E-state index in [0.29, 0.717) is 12.0 Å². The second-order valence-corrected chi connectivity index (χ2v) is 7.31. The third kappa shape index (κ3) is 3.40. The first kappa shape index (κ1) is 16.6. The van der Waals surface area contributed by atoms with Crippen LogP contribution in [0.25, 0.3) is 17.0 Å². The van der Waals surface area contributed by atoms with Crippen LogP contribution in [-0.2, 0) is 4.74 Å². The summed E-state index contributed by atoms with van der Waals surface area (Å²) >= 11 is 0. The molecule has 0 radical (unpaired) electrons. The summed E-state index contributed by atoms with van der Waals surface area (Å²) in [5, 5.41) is 0. The minimum absolute atomic E-state index is 0.620. The Balaban J connectivity index is 1.21. The van der Waals surface area contributed by atoms with Gasteiger partial charge in [0.25, 0.3) is 0 Å². The lowest BCUT2D eigenvalue weighted by atomic mass is 9.96. The second kappa shape index (κ2) is 7.25. The summed E-state index contributed by atoms with van der Waals surface area (Å²) in [6, 6.07) is 6.53. The number of hydrogen-bond acceptors (Lipinski definition) is 6. The molecule has 3 aromatic rings. The van der Waals surface area contributed by atoms with Crippen LogP contribution in [0.3, 0.4) is 0 Å². The summed E-state index contributed by atoms with van der Waals surface area (Å²) in [6.07, 6.45) is 9.51. The van der Waals surface area contributed by atoms with Gasteiger partial charge in [-0.25, -0.2) is 15.0 Å². The molecular weight excluding hydrogens is 342 g/mol. The molecule has 3 aromatic heterocycles. The maximum absolute atomic E-state index is 6.08. The molecule has 2 fully saturated rings. The average molecular weight is 365 g/mol. The number of piperidine rings is 1. The molecule has 0 bridgehead atoms. The number of ether oxygens (including phenoxy) is 2. The van der Waals surface area contributed by atoms with Crippen LogP contribution in [0.15, 0.2) is 43.1 Å². The fourth-order valence-electron chi connectivity index (χ4n) is 3.82. The first-order chi connectivity index (χ1) is 13.4. The maximum atomic E-state index is 6.08. The minimum Gasteiger partial charge on any atom is -0.493 e. The Kier molecular flexibility index (Phi) is 4.47. The van der Waals surface area contributed by atoms with Gasteiger partial charge >= 0.3 is 0 Å². The lowest BCUT2D eigenvalue weighted by Crippen LogP contribution is -2.52. The fourth-order valence-corrected chi connectivity index (χ4v) is 3.82. The van der Waals surface area contributed by atoms with Crippen molar-refractivity contribution in [2.45, 2.75) is 18.9 Å². The van der Waals surface area contributed by atoms with Crippen molar-refractivity contribution in [2.24, 2.45) is 5.92 Å². The lowest BCUT2D eigenvalue weighted by Gasteiger charge is -2.41. The van der Waals surface area contributed by atoms with E-state index in [9.17, 15) is 0 Å². The normalized spacial score (nSPS) is 19.3. The Morgan fingerprint density at radius 2 is 2.04 bits per heavy atom. The number of pyridine rings is 1. The zero-order chi connectivity index (χ0) is 18.1. The first-order valence-corrected chi connectivity index (χ1v) is 9.55. The quantitative estimate of drug-likeness (QED) is 0.691. The van der Waals surface area contributed by atoms with E-state index in [4.69, 9.17) is 9.47 Å². The SMILES string of the molecule is c1cc(-c2cnc3cc(OCC4CCN(C5COC5)CC4)ccn23)ncn1. The number of aromatic nitrogens is 4.